The molecule has 2 rings (SSSR count). The highest BCUT2D eigenvalue weighted by atomic mass is 16.2. The second kappa shape index (κ2) is 3.98. The molecule has 5 nitrogen and oxygen atoms in total. The van der Waals surface area contributed by atoms with Gasteiger partial charge in [-0.3, -0.25) is 9.59 Å². The Morgan fingerprint density at radius 1 is 1.19 bits per heavy atom. The predicted octanol–water partition coefficient (Wildman–Crippen LogP) is 0.338. The maximum atomic E-state index is 11.5. The van der Waals surface area contributed by atoms with Crippen molar-refractivity contribution in [3.05, 3.63) is 62.9 Å². The SMILES string of the molecule is O=Cc1cccc(-n2c(=O)cc[nH]c2=O)c1. The van der Waals surface area contributed by atoms with Crippen LogP contribution in [0.4, 0.5) is 0 Å². The van der Waals surface area contributed by atoms with E-state index >= 15 is 0 Å². The second-order valence-electron chi connectivity index (χ2n) is 3.17. The zero-order chi connectivity index (χ0) is 11.5. The first-order valence-corrected chi connectivity index (χ1v) is 4.59. The van der Waals surface area contributed by atoms with Crippen LogP contribution in [0.3, 0.4) is 0 Å². The van der Waals surface area contributed by atoms with Gasteiger partial charge >= 0.3 is 5.69 Å². The first-order valence-electron chi connectivity index (χ1n) is 4.59. The Morgan fingerprint density at radius 2 is 2.00 bits per heavy atom. The zero-order valence-electron chi connectivity index (χ0n) is 8.21. The average Bonchev–Trinajstić information content (AvgIpc) is 2.29. The summed E-state index contributed by atoms with van der Waals surface area (Å²) in [5.74, 6) is 0. The Balaban J connectivity index is 2.72. The van der Waals surface area contributed by atoms with Crippen LogP contribution in [0, 0.1) is 0 Å². The van der Waals surface area contributed by atoms with E-state index in [1.54, 1.807) is 18.2 Å². The summed E-state index contributed by atoms with van der Waals surface area (Å²) in [6.45, 7) is 0. The molecule has 0 amide bonds. The standard InChI is InChI=1S/C11H8N2O3/c14-7-8-2-1-3-9(6-8)13-10(15)4-5-12-11(13)16/h1-7H,(H,12,16). The van der Waals surface area contributed by atoms with E-state index in [2.05, 4.69) is 4.98 Å². The molecule has 5 heteroatoms. The topological polar surface area (TPSA) is 71.9 Å². The first-order chi connectivity index (χ1) is 7.72. The number of rotatable bonds is 2. The van der Waals surface area contributed by atoms with Crippen molar-refractivity contribution >= 4 is 6.29 Å². The minimum Gasteiger partial charge on any atom is -0.314 e. The van der Waals surface area contributed by atoms with Crippen LogP contribution in [0.2, 0.25) is 0 Å². The molecule has 0 fully saturated rings. The molecule has 0 aliphatic rings. The third-order valence-corrected chi connectivity index (χ3v) is 2.12. The van der Waals surface area contributed by atoms with Crippen LogP contribution in [0.1, 0.15) is 10.4 Å². The fourth-order valence-electron chi connectivity index (χ4n) is 1.41. The summed E-state index contributed by atoms with van der Waals surface area (Å²) in [6, 6.07) is 7.51. The molecule has 0 atom stereocenters. The number of hydrogen-bond donors (Lipinski definition) is 1. The van der Waals surface area contributed by atoms with Crippen LogP contribution < -0.4 is 11.2 Å². The molecule has 0 bridgehead atoms. The van der Waals surface area contributed by atoms with Gasteiger partial charge in [-0.25, -0.2) is 9.36 Å². The van der Waals surface area contributed by atoms with Crippen molar-refractivity contribution < 1.29 is 4.79 Å². The van der Waals surface area contributed by atoms with Gasteiger partial charge in [0, 0.05) is 17.8 Å². The number of nitrogens with zero attached hydrogens (tertiary/aromatic N) is 1. The number of benzene rings is 1. The van der Waals surface area contributed by atoms with Crippen molar-refractivity contribution in [2.24, 2.45) is 0 Å². The molecule has 1 N–H and O–H groups in total. The summed E-state index contributed by atoms with van der Waals surface area (Å²) in [5, 5.41) is 0. The number of H-pyrrole nitrogens is 1. The van der Waals surface area contributed by atoms with E-state index < -0.39 is 11.2 Å². The average molecular weight is 216 g/mol. The van der Waals surface area contributed by atoms with Gasteiger partial charge in [-0.2, -0.15) is 0 Å². The van der Waals surface area contributed by atoms with Gasteiger partial charge in [0.25, 0.3) is 5.56 Å². The van der Waals surface area contributed by atoms with E-state index in [-0.39, 0.29) is 0 Å². The molecule has 0 spiro atoms. The summed E-state index contributed by atoms with van der Waals surface area (Å²) in [6.07, 6.45) is 1.94. The highest BCUT2D eigenvalue weighted by Gasteiger charge is 2.03. The van der Waals surface area contributed by atoms with E-state index in [1.165, 1.54) is 18.3 Å². The lowest BCUT2D eigenvalue weighted by Gasteiger charge is -2.03. The largest absolute Gasteiger partial charge is 0.332 e. The molecule has 80 valence electrons. The van der Waals surface area contributed by atoms with Crippen LogP contribution in [-0.2, 0) is 0 Å². The third kappa shape index (κ3) is 1.70. The van der Waals surface area contributed by atoms with Gasteiger partial charge < -0.3 is 4.98 Å². The molecule has 0 radical (unpaired) electrons. The molecule has 0 unspecified atom stereocenters. The number of carbonyl (C=O) groups is 1. The zero-order valence-corrected chi connectivity index (χ0v) is 8.21. The minimum absolute atomic E-state index is 0.372. The molecule has 0 aliphatic carbocycles. The summed E-state index contributed by atoms with van der Waals surface area (Å²) in [7, 11) is 0. The number of aromatic amines is 1. The highest BCUT2D eigenvalue weighted by Crippen LogP contribution is 2.04. The fourth-order valence-corrected chi connectivity index (χ4v) is 1.41. The van der Waals surface area contributed by atoms with Crippen LogP contribution in [0.25, 0.3) is 5.69 Å². The molecule has 1 heterocycles. The van der Waals surface area contributed by atoms with Gasteiger partial charge in [-0.15, -0.1) is 0 Å². The maximum Gasteiger partial charge on any atom is 0.332 e. The lowest BCUT2D eigenvalue weighted by molar-refractivity contribution is 0.112. The van der Waals surface area contributed by atoms with Crippen molar-refractivity contribution in [2.45, 2.75) is 0 Å². The summed E-state index contributed by atoms with van der Waals surface area (Å²) in [4.78, 5) is 35.9. The van der Waals surface area contributed by atoms with E-state index in [1.807, 2.05) is 0 Å². The van der Waals surface area contributed by atoms with Crippen LogP contribution >= 0.6 is 0 Å². The van der Waals surface area contributed by atoms with Crippen molar-refractivity contribution in [3.8, 4) is 5.69 Å². The predicted molar refractivity (Wildman–Crippen MR) is 58.0 cm³/mol. The van der Waals surface area contributed by atoms with Crippen LogP contribution in [-0.4, -0.2) is 15.8 Å². The van der Waals surface area contributed by atoms with Crippen molar-refractivity contribution in [2.75, 3.05) is 0 Å². The molecule has 0 saturated carbocycles. The van der Waals surface area contributed by atoms with Gasteiger partial charge in [-0.05, 0) is 12.1 Å². The highest BCUT2D eigenvalue weighted by molar-refractivity contribution is 5.75. The lowest BCUT2D eigenvalue weighted by Crippen LogP contribution is -2.32. The molecule has 0 aliphatic heterocycles. The molecular weight excluding hydrogens is 208 g/mol. The monoisotopic (exact) mass is 216 g/mol. The van der Waals surface area contributed by atoms with E-state index in [9.17, 15) is 14.4 Å². The normalized spacial score (nSPS) is 10.0. The van der Waals surface area contributed by atoms with Crippen LogP contribution in [0.5, 0.6) is 0 Å². The third-order valence-electron chi connectivity index (χ3n) is 2.12. The molecular formula is C11H8N2O3. The van der Waals surface area contributed by atoms with Crippen molar-refractivity contribution in [1.82, 2.24) is 9.55 Å². The summed E-state index contributed by atoms with van der Waals surface area (Å²) in [5.41, 5.74) is -0.188. The number of aromatic nitrogens is 2. The summed E-state index contributed by atoms with van der Waals surface area (Å²) < 4.78 is 0.965. The smallest absolute Gasteiger partial charge is 0.314 e. The van der Waals surface area contributed by atoms with Gasteiger partial charge in [0.1, 0.15) is 6.29 Å². The van der Waals surface area contributed by atoms with Crippen molar-refractivity contribution in [3.63, 3.8) is 0 Å². The Kier molecular flexibility index (Phi) is 2.51. The van der Waals surface area contributed by atoms with E-state index in [4.69, 9.17) is 0 Å². The molecule has 1 aromatic carbocycles. The van der Waals surface area contributed by atoms with E-state index in [0.29, 0.717) is 17.5 Å². The number of hydrogen-bond acceptors (Lipinski definition) is 3. The van der Waals surface area contributed by atoms with Crippen molar-refractivity contribution in [1.29, 1.82) is 0 Å². The fraction of sp³-hybridized carbons (Fsp3) is 0. The Hall–Kier alpha value is -2.43. The second-order valence-corrected chi connectivity index (χ2v) is 3.17. The number of nitrogens with one attached hydrogen (secondary N) is 1. The number of aldehydes is 1. The van der Waals surface area contributed by atoms with Gasteiger partial charge in [0.2, 0.25) is 0 Å². The molecule has 0 saturated heterocycles. The molecule has 2 aromatic rings. The molecule has 16 heavy (non-hydrogen) atoms. The molecule has 1 aromatic heterocycles. The quantitative estimate of drug-likeness (QED) is 0.735. The maximum absolute atomic E-state index is 11.5. The van der Waals surface area contributed by atoms with Gasteiger partial charge in [0.05, 0.1) is 5.69 Å². The van der Waals surface area contributed by atoms with Crippen LogP contribution in [0.15, 0.2) is 46.1 Å². The summed E-state index contributed by atoms with van der Waals surface area (Å²) >= 11 is 0. The minimum atomic E-state index is -0.532. The van der Waals surface area contributed by atoms with Gasteiger partial charge in [0.15, 0.2) is 0 Å². The Labute approximate surface area is 90.0 Å². The van der Waals surface area contributed by atoms with E-state index in [0.717, 1.165) is 4.57 Å². The Bertz CT molecular complexity index is 612. The number of carbonyl (C=O) groups excluding carboxylic acids is 1. The van der Waals surface area contributed by atoms with Gasteiger partial charge in [-0.1, -0.05) is 12.1 Å². The Morgan fingerprint density at radius 3 is 2.69 bits per heavy atom. The first kappa shape index (κ1) is 10.1. The lowest BCUT2D eigenvalue weighted by atomic mass is 10.2.